The molecule has 0 saturated carbocycles. The molecule has 3 aromatic carbocycles. The van der Waals surface area contributed by atoms with Gasteiger partial charge in [-0.1, -0.05) is 68.8 Å². The maximum atomic E-state index is 9.06. The zero-order chi connectivity index (χ0) is 17.9. The van der Waals surface area contributed by atoms with Gasteiger partial charge in [0.1, 0.15) is 17.2 Å². The van der Waals surface area contributed by atoms with Crippen molar-refractivity contribution in [3.63, 3.8) is 0 Å². The van der Waals surface area contributed by atoms with Gasteiger partial charge in [0.25, 0.3) is 0 Å². The standard InChI is InChI=1S/C6H5Cl2OP.2C6H6O/c7-3-1-2-4(9)6(10)5(3)8;2*7-6-4-2-1-3-5-6/h1-2,9H,10H2;2*1-5,7H. The van der Waals surface area contributed by atoms with Crippen molar-refractivity contribution in [3.8, 4) is 17.2 Å². The second-order valence-electron chi connectivity index (χ2n) is 4.47. The minimum Gasteiger partial charge on any atom is -0.508 e. The van der Waals surface area contributed by atoms with E-state index in [1.54, 1.807) is 54.6 Å². The molecule has 0 aromatic heterocycles. The Labute approximate surface area is 153 Å². The Hall–Kier alpha value is -1.93. The van der Waals surface area contributed by atoms with Gasteiger partial charge in [-0.3, -0.25) is 0 Å². The average molecular weight is 383 g/mol. The number of halogens is 2. The molecule has 3 nitrogen and oxygen atoms in total. The highest BCUT2D eigenvalue weighted by atomic mass is 35.5. The number of hydrogen-bond donors (Lipinski definition) is 3. The highest BCUT2D eigenvalue weighted by Crippen LogP contribution is 2.25. The van der Waals surface area contributed by atoms with E-state index in [2.05, 4.69) is 9.24 Å². The lowest BCUT2D eigenvalue weighted by Crippen LogP contribution is -1.93. The first-order chi connectivity index (χ1) is 11.4. The van der Waals surface area contributed by atoms with Crippen LogP contribution in [0.3, 0.4) is 0 Å². The molecule has 1 unspecified atom stereocenters. The molecule has 3 rings (SSSR count). The summed E-state index contributed by atoms with van der Waals surface area (Å²) in [5, 5.41) is 27.7. The van der Waals surface area contributed by atoms with Crippen molar-refractivity contribution in [2.75, 3.05) is 0 Å². The van der Waals surface area contributed by atoms with Gasteiger partial charge in [-0.2, -0.15) is 0 Å². The number of phenolic OH excluding ortho intramolecular Hbond substituents is 3. The Morgan fingerprint density at radius 2 is 1.04 bits per heavy atom. The van der Waals surface area contributed by atoms with E-state index in [-0.39, 0.29) is 5.75 Å². The molecule has 3 N–H and O–H groups in total. The third kappa shape index (κ3) is 7.56. The van der Waals surface area contributed by atoms with Crippen molar-refractivity contribution in [3.05, 3.63) is 82.8 Å². The lowest BCUT2D eigenvalue weighted by molar-refractivity contribution is 0.475. The maximum Gasteiger partial charge on any atom is 0.124 e. The fourth-order valence-electron chi connectivity index (χ4n) is 1.41. The van der Waals surface area contributed by atoms with Crippen LogP contribution < -0.4 is 5.30 Å². The largest absolute Gasteiger partial charge is 0.508 e. The van der Waals surface area contributed by atoms with E-state index in [0.717, 1.165) is 0 Å². The molecule has 0 aliphatic rings. The van der Waals surface area contributed by atoms with E-state index >= 15 is 0 Å². The lowest BCUT2D eigenvalue weighted by atomic mass is 10.3. The Morgan fingerprint density at radius 1 is 0.625 bits per heavy atom. The van der Waals surface area contributed by atoms with E-state index in [4.69, 9.17) is 38.5 Å². The third-order valence-corrected chi connectivity index (χ3v) is 4.21. The van der Waals surface area contributed by atoms with Gasteiger partial charge in [-0.05, 0) is 36.4 Å². The van der Waals surface area contributed by atoms with Gasteiger partial charge in [0.2, 0.25) is 0 Å². The molecular weight excluding hydrogens is 366 g/mol. The number of phenols is 3. The van der Waals surface area contributed by atoms with Crippen LogP contribution >= 0.6 is 32.4 Å². The molecular formula is C18H17Cl2O3P. The van der Waals surface area contributed by atoms with Crippen LogP contribution in [0.1, 0.15) is 0 Å². The molecule has 1 atom stereocenters. The Bertz CT molecular complexity index is 674. The monoisotopic (exact) mass is 382 g/mol. The molecule has 0 amide bonds. The average Bonchev–Trinajstić information content (AvgIpc) is 2.59. The molecule has 126 valence electrons. The van der Waals surface area contributed by atoms with Crippen LogP contribution in [0.15, 0.2) is 72.8 Å². The van der Waals surface area contributed by atoms with E-state index < -0.39 is 0 Å². The van der Waals surface area contributed by atoms with Crippen LogP contribution in [0.5, 0.6) is 17.2 Å². The molecule has 0 aliphatic heterocycles. The normalized spacial score (nSPS) is 9.12. The van der Waals surface area contributed by atoms with E-state index in [9.17, 15) is 0 Å². The first-order valence-corrected chi connectivity index (χ1v) is 8.15. The molecule has 6 heteroatoms. The zero-order valence-electron chi connectivity index (χ0n) is 12.6. The van der Waals surface area contributed by atoms with Gasteiger partial charge in [0, 0.05) is 5.30 Å². The summed E-state index contributed by atoms with van der Waals surface area (Å²) >= 11 is 11.3. The molecule has 3 aromatic rings. The third-order valence-electron chi connectivity index (χ3n) is 2.62. The molecule has 0 saturated heterocycles. The van der Waals surface area contributed by atoms with Crippen LogP contribution in [-0.4, -0.2) is 15.3 Å². The van der Waals surface area contributed by atoms with Crippen molar-refractivity contribution < 1.29 is 15.3 Å². The summed E-state index contributed by atoms with van der Waals surface area (Å²) < 4.78 is 0. The van der Waals surface area contributed by atoms with Gasteiger partial charge in [-0.25, -0.2) is 0 Å². The summed E-state index contributed by atoms with van der Waals surface area (Å²) in [6.07, 6.45) is 0. The van der Waals surface area contributed by atoms with Crippen molar-refractivity contribution >= 4 is 37.7 Å². The number of aromatic hydroxyl groups is 3. The van der Waals surface area contributed by atoms with Crippen LogP contribution in [-0.2, 0) is 0 Å². The first-order valence-electron chi connectivity index (χ1n) is 6.82. The van der Waals surface area contributed by atoms with Crippen molar-refractivity contribution in [1.82, 2.24) is 0 Å². The Kier molecular flexibility index (Phi) is 9.03. The van der Waals surface area contributed by atoms with Crippen LogP contribution in [0.2, 0.25) is 10.0 Å². The predicted octanol–water partition coefficient (Wildman–Crippen LogP) is 4.98. The SMILES string of the molecule is Oc1ccc(Cl)c(Cl)c1P.Oc1ccccc1.Oc1ccccc1. The molecule has 0 bridgehead atoms. The van der Waals surface area contributed by atoms with Crippen LogP contribution in [0.4, 0.5) is 0 Å². The summed E-state index contributed by atoms with van der Waals surface area (Å²) in [5.41, 5.74) is 0. The number of rotatable bonds is 0. The fourth-order valence-corrected chi connectivity index (χ4v) is 2.08. The lowest BCUT2D eigenvalue weighted by Gasteiger charge is -2.00. The Balaban J connectivity index is 0.000000185. The molecule has 0 heterocycles. The van der Waals surface area contributed by atoms with Gasteiger partial charge >= 0.3 is 0 Å². The van der Waals surface area contributed by atoms with Crippen molar-refractivity contribution in [2.24, 2.45) is 0 Å². The molecule has 0 fully saturated rings. The number of hydrogen-bond acceptors (Lipinski definition) is 3. The van der Waals surface area contributed by atoms with Crippen molar-refractivity contribution in [2.45, 2.75) is 0 Å². The van der Waals surface area contributed by atoms with Gasteiger partial charge in [-0.15, -0.1) is 0 Å². The molecule has 0 aliphatic carbocycles. The fraction of sp³-hybridized carbons (Fsp3) is 0. The van der Waals surface area contributed by atoms with Gasteiger partial charge in [0.15, 0.2) is 0 Å². The predicted molar refractivity (Wildman–Crippen MR) is 104 cm³/mol. The van der Waals surface area contributed by atoms with E-state index in [1.165, 1.54) is 6.07 Å². The highest BCUT2D eigenvalue weighted by molar-refractivity contribution is 7.28. The quantitative estimate of drug-likeness (QED) is 0.480. The molecule has 0 radical (unpaired) electrons. The van der Waals surface area contributed by atoms with Crippen LogP contribution in [0.25, 0.3) is 0 Å². The highest BCUT2D eigenvalue weighted by Gasteiger charge is 2.04. The minimum atomic E-state index is 0.138. The number of benzene rings is 3. The summed E-state index contributed by atoms with van der Waals surface area (Å²) in [7, 11) is 2.31. The smallest absolute Gasteiger partial charge is 0.124 e. The second kappa shape index (κ2) is 10.8. The first kappa shape index (κ1) is 20.1. The summed E-state index contributed by atoms with van der Waals surface area (Å²) in [4.78, 5) is 0. The van der Waals surface area contributed by atoms with E-state index in [0.29, 0.717) is 26.8 Å². The van der Waals surface area contributed by atoms with Gasteiger partial charge in [0.05, 0.1) is 10.0 Å². The van der Waals surface area contributed by atoms with Crippen molar-refractivity contribution in [1.29, 1.82) is 0 Å². The van der Waals surface area contributed by atoms with Gasteiger partial charge < -0.3 is 15.3 Å². The summed E-state index contributed by atoms with van der Waals surface area (Å²) in [6, 6.07) is 20.5. The molecule has 0 spiro atoms. The van der Waals surface area contributed by atoms with E-state index in [1.807, 2.05) is 12.1 Å². The summed E-state index contributed by atoms with van der Waals surface area (Å²) in [6.45, 7) is 0. The maximum absolute atomic E-state index is 9.06. The second-order valence-corrected chi connectivity index (χ2v) is 5.83. The number of para-hydroxylation sites is 2. The van der Waals surface area contributed by atoms with Crippen LogP contribution in [0, 0.1) is 0 Å². The minimum absolute atomic E-state index is 0.138. The zero-order valence-corrected chi connectivity index (χ0v) is 15.3. The summed E-state index contributed by atoms with van der Waals surface area (Å²) in [5.74, 6) is 0.782. The molecule has 24 heavy (non-hydrogen) atoms. The topological polar surface area (TPSA) is 60.7 Å². The Morgan fingerprint density at radius 3 is 1.33 bits per heavy atom.